The fourth-order valence-electron chi connectivity index (χ4n) is 2.44. The van der Waals surface area contributed by atoms with Crippen molar-refractivity contribution < 1.29 is 14.3 Å². The van der Waals surface area contributed by atoms with Crippen LogP contribution in [-0.4, -0.2) is 22.2 Å². The lowest BCUT2D eigenvalue weighted by atomic mass is 10.0. The van der Waals surface area contributed by atoms with Crippen LogP contribution in [0.1, 0.15) is 90.9 Å². The van der Waals surface area contributed by atoms with Gasteiger partial charge in [0.15, 0.2) is 0 Å². The summed E-state index contributed by atoms with van der Waals surface area (Å²) < 4.78 is 5.36. The summed E-state index contributed by atoms with van der Waals surface area (Å²) >= 11 is 0. The standard InChI is InChI=1S/C16H35O3P/c1-4-6-8-10-12-14-16(19-20(3,17)18)15-13-11-9-7-5-2/h16-18H,3-15H2,1-2H3. The molecule has 0 saturated heterocycles. The minimum Gasteiger partial charge on any atom is -0.333 e. The van der Waals surface area contributed by atoms with E-state index in [4.69, 9.17) is 4.52 Å². The van der Waals surface area contributed by atoms with E-state index in [1.54, 1.807) is 0 Å². The molecule has 0 spiro atoms. The number of rotatable bonds is 14. The number of hydrogen-bond acceptors (Lipinski definition) is 3. The average molecular weight is 306 g/mol. The average Bonchev–Trinajstić information content (AvgIpc) is 2.36. The van der Waals surface area contributed by atoms with E-state index >= 15 is 0 Å². The highest BCUT2D eigenvalue weighted by Crippen LogP contribution is 2.39. The van der Waals surface area contributed by atoms with E-state index in [0.717, 1.165) is 25.7 Å². The van der Waals surface area contributed by atoms with Crippen molar-refractivity contribution in [3.63, 3.8) is 0 Å². The summed E-state index contributed by atoms with van der Waals surface area (Å²) in [6, 6.07) is 0. The predicted molar refractivity (Wildman–Crippen MR) is 90.1 cm³/mol. The molecule has 0 aliphatic heterocycles. The molecule has 122 valence electrons. The normalized spacial score (nSPS) is 12.2. The zero-order valence-corrected chi connectivity index (χ0v) is 14.4. The fourth-order valence-corrected chi connectivity index (χ4v) is 3.13. The van der Waals surface area contributed by atoms with Crippen LogP contribution in [0.25, 0.3) is 0 Å². The largest absolute Gasteiger partial charge is 0.333 e. The zero-order chi connectivity index (χ0) is 15.3. The highest BCUT2D eigenvalue weighted by molar-refractivity contribution is 7.57. The van der Waals surface area contributed by atoms with Crippen LogP contribution in [0.5, 0.6) is 0 Å². The van der Waals surface area contributed by atoms with Gasteiger partial charge >= 0.3 is 0 Å². The molecule has 0 bridgehead atoms. The van der Waals surface area contributed by atoms with Gasteiger partial charge in [0.25, 0.3) is 0 Å². The lowest BCUT2D eigenvalue weighted by molar-refractivity contribution is 0.144. The minimum atomic E-state index is -3.34. The Kier molecular flexibility index (Phi) is 13.0. The molecule has 0 aliphatic carbocycles. The first-order valence-electron chi connectivity index (χ1n) is 8.37. The first kappa shape index (κ1) is 20.2. The van der Waals surface area contributed by atoms with Crippen molar-refractivity contribution in [3.8, 4) is 0 Å². The maximum atomic E-state index is 9.40. The highest BCUT2D eigenvalue weighted by atomic mass is 31.2. The Morgan fingerprint density at radius 1 is 0.800 bits per heavy atom. The van der Waals surface area contributed by atoms with Gasteiger partial charge in [-0.1, -0.05) is 78.1 Å². The zero-order valence-electron chi connectivity index (χ0n) is 13.5. The monoisotopic (exact) mass is 306 g/mol. The lowest BCUT2D eigenvalue weighted by Gasteiger charge is -2.21. The number of unbranched alkanes of at least 4 members (excludes halogenated alkanes) is 8. The summed E-state index contributed by atoms with van der Waals surface area (Å²) in [4.78, 5) is 18.8. The van der Waals surface area contributed by atoms with Crippen LogP contribution in [0.3, 0.4) is 0 Å². The maximum absolute atomic E-state index is 9.40. The van der Waals surface area contributed by atoms with Gasteiger partial charge in [-0.3, -0.25) is 0 Å². The molecule has 4 heteroatoms. The third-order valence-corrected chi connectivity index (χ3v) is 4.21. The molecule has 3 nitrogen and oxygen atoms in total. The van der Waals surface area contributed by atoms with Gasteiger partial charge in [-0.05, 0) is 19.1 Å². The first-order valence-corrected chi connectivity index (χ1v) is 10.2. The van der Waals surface area contributed by atoms with Crippen LogP contribution < -0.4 is 0 Å². The van der Waals surface area contributed by atoms with E-state index in [9.17, 15) is 9.79 Å². The Morgan fingerprint density at radius 2 is 1.20 bits per heavy atom. The molecular formula is C16H35O3P. The van der Waals surface area contributed by atoms with Gasteiger partial charge in [-0.25, -0.2) is 0 Å². The van der Waals surface area contributed by atoms with Crippen LogP contribution in [0, 0.1) is 0 Å². The lowest BCUT2D eigenvalue weighted by Crippen LogP contribution is -2.11. The molecule has 0 aromatic rings. The quantitative estimate of drug-likeness (QED) is 0.339. The molecule has 0 amide bonds. The van der Waals surface area contributed by atoms with Gasteiger partial charge in [0.1, 0.15) is 0 Å². The van der Waals surface area contributed by atoms with Crippen LogP contribution in [0.2, 0.25) is 0 Å². The highest BCUT2D eigenvalue weighted by Gasteiger charge is 2.15. The van der Waals surface area contributed by atoms with Crippen LogP contribution >= 0.6 is 7.57 Å². The predicted octanol–water partition coefficient (Wildman–Crippen LogP) is 5.27. The first-order chi connectivity index (χ1) is 9.49. The van der Waals surface area contributed by atoms with Crippen molar-refractivity contribution in [2.75, 3.05) is 0 Å². The molecule has 0 fully saturated rings. The third-order valence-electron chi connectivity index (χ3n) is 3.58. The minimum absolute atomic E-state index is 0.0286. The summed E-state index contributed by atoms with van der Waals surface area (Å²) in [6.45, 7) is 4.42. The Balaban J connectivity index is 3.86. The molecule has 0 unspecified atom stereocenters. The molecular weight excluding hydrogens is 271 g/mol. The summed E-state index contributed by atoms with van der Waals surface area (Å²) in [6.07, 6.45) is 17.4. The van der Waals surface area contributed by atoms with Crippen molar-refractivity contribution >= 4 is 13.9 Å². The topological polar surface area (TPSA) is 49.7 Å². The molecule has 0 rings (SSSR count). The maximum Gasteiger partial charge on any atom is 0.245 e. The summed E-state index contributed by atoms with van der Waals surface area (Å²) in [7, 11) is -3.34. The van der Waals surface area contributed by atoms with E-state index in [-0.39, 0.29) is 6.10 Å². The van der Waals surface area contributed by atoms with Crippen LogP contribution in [0.4, 0.5) is 0 Å². The molecule has 0 saturated carbocycles. The third kappa shape index (κ3) is 14.6. The van der Waals surface area contributed by atoms with Gasteiger partial charge in [-0.2, -0.15) is 0 Å². The Bertz CT molecular complexity index is 236. The van der Waals surface area contributed by atoms with Crippen molar-refractivity contribution in [3.05, 3.63) is 0 Å². The van der Waals surface area contributed by atoms with E-state index in [0.29, 0.717) is 0 Å². The van der Waals surface area contributed by atoms with Gasteiger partial charge in [0.05, 0.1) is 6.10 Å². The second kappa shape index (κ2) is 12.9. The molecule has 2 N–H and O–H groups in total. The van der Waals surface area contributed by atoms with Gasteiger partial charge in [0, 0.05) is 0 Å². The number of hydrogen-bond donors (Lipinski definition) is 2. The van der Waals surface area contributed by atoms with E-state index in [2.05, 4.69) is 20.1 Å². The summed E-state index contributed by atoms with van der Waals surface area (Å²) in [5.41, 5.74) is 0. The van der Waals surface area contributed by atoms with Gasteiger partial charge in [-0.15, -0.1) is 0 Å². The second-order valence-corrected chi connectivity index (χ2v) is 7.34. The Hall–Kier alpha value is 0.180. The SMILES string of the molecule is C=P(O)(O)OC(CCCCCCC)CCCCCCC. The van der Waals surface area contributed by atoms with E-state index in [1.165, 1.54) is 51.4 Å². The van der Waals surface area contributed by atoms with Gasteiger partial charge < -0.3 is 14.3 Å². The van der Waals surface area contributed by atoms with E-state index in [1.807, 2.05) is 0 Å². The van der Waals surface area contributed by atoms with Gasteiger partial charge in [0.2, 0.25) is 7.57 Å². The molecule has 20 heavy (non-hydrogen) atoms. The Labute approximate surface area is 126 Å². The fraction of sp³-hybridized carbons (Fsp3) is 0.938. The summed E-state index contributed by atoms with van der Waals surface area (Å²) in [5.74, 6) is 0. The Morgan fingerprint density at radius 3 is 1.55 bits per heavy atom. The molecule has 0 atom stereocenters. The molecule has 0 heterocycles. The molecule has 0 aliphatic rings. The van der Waals surface area contributed by atoms with Crippen molar-refractivity contribution in [2.45, 2.75) is 97.0 Å². The van der Waals surface area contributed by atoms with Crippen molar-refractivity contribution in [2.24, 2.45) is 0 Å². The van der Waals surface area contributed by atoms with Crippen LogP contribution in [0.15, 0.2) is 0 Å². The smallest absolute Gasteiger partial charge is 0.245 e. The second-order valence-electron chi connectivity index (χ2n) is 5.80. The van der Waals surface area contributed by atoms with Crippen molar-refractivity contribution in [1.29, 1.82) is 0 Å². The van der Waals surface area contributed by atoms with E-state index < -0.39 is 7.57 Å². The summed E-state index contributed by atoms with van der Waals surface area (Å²) in [5, 5.41) is 0. The van der Waals surface area contributed by atoms with Crippen molar-refractivity contribution in [1.82, 2.24) is 0 Å². The molecule has 0 aromatic heterocycles. The molecule has 0 radical (unpaired) electrons. The molecule has 0 aromatic carbocycles. The van der Waals surface area contributed by atoms with Crippen LogP contribution in [-0.2, 0) is 4.52 Å².